The van der Waals surface area contributed by atoms with Gasteiger partial charge in [0.25, 0.3) is 5.91 Å². The zero-order valence-electron chi connectivity index (χ0n) is 17.7. The van der Waals surface area contributed by atoms with Crippen LogP contribution in [0.5, 0.6) is 0 Å². The van der Waals surface area contributed by atoms with Gasteiger partial charge in [0.2, 0.25) is 5.91 Å². The van der Waals surface area contributed by atoms with Gasteiger partial charge in [-0.3, -0.25) is 19.2 Å². The standard InChI is InChI=1S/C23H27N5O2S/c1-25(15-20-14-24-28(17-20)16-19-6-3-2-4-7-19)18-22(29)26-9-11-27(12-10-26)23(30)21-8-5-13-31-21/h2-8,13-14,17H,9-12,15-16,18H2,1H3. The van der Waals surface area contributed by atoms with Crippen LogP contribution in [0.2, 0.25) is 0 Å². The first-order valence-electron chi connectivity index (χ1n) is 10.4. The molecule has 3 aromatic rings. The van der Waals surface area contributed by atoms with Crippen molar-refractivity contribution in [3.8, 4) is 0 Å². The van der Waals surface area contributed by atoms with Gasteiger partial charge < -0.3 is 9.80 Å². The first kappa shape index (κ1) is 21.3. The molecule has 31 heavy (non-hydrogen) atoms. The minimum atomic E-state index is 0.0618. The minimum absolute atomic E-state index is 0.0618. The lowest BCUT2D eigenvalue weighted by Gasteiger charge is -2.35. The highest BCUT2D eigenvalue weighted by Gasteiger charge is 2.25. The predicted molar refractivity (Wildman–Crippen MR) is 121 cm³/mol. The molecule has 4 rings (SSSR count). The van der Waals surface area contributed by atoms with Crippen LogP contribution in [0, 0.1) is 0 Å². The maximum absolute atomic E-state index is 12.7. The molecule has 2 aromatic heterocycles. The number of carbonyl (C=O) groups excluding carboxylic acids is 2. The van der Waals surface area contributed by atoms with Crippen molar-refractivity contribution in [2.45, 2.75) is 13.1 Å². The number of hydrogen-bond acceptors (Lipinski definition) is 5. The molecule has 1 aromatic carbocycles. The molecule has 1 aliphatic heterocycles. The van der Waals surface area contributed by atoms with Gasteiger partial charge in [-0.05, 0) is 24.1 Å². The minimum Gasteiger partial charge on any atom is -0.338 e. The number of piperazine rings is 1. The third-order valence-corrected chi connectivity index (χ3v) is 6.24. The average Bonchev–Trinajstić information content (AvgIpc) is 3.46. The zero-order chi connectivity index (χ0) is 21.6. The van der Waals surface area contributed by atoms with E-state index in [4.69, 9.17) is 0 Å². The highest BCUT2D eigenvalue weighted by molar-refractivity contribution is 7.12. The van der Waals surface area contributed by atoms with Crippen LogP contribution in [0.1, 0.15) is 20.8 Å². The summed E-state index contributed by atoms with van der Waals surface area (Å²) in [6.07, 6.45) is 3.89. The molecule has 0 unspecified atom stereocenters. The second-order valence-electron chi connectivity index (χ2n) is 7.85. The summed E-state index contributed by atoms with van der Waals surface area (Å²) in [5.74, 6) is 0.161. The van der Waals surface area contributed by atoms with E-state index >= 15 is 0 Å². The summed E-state index contributed by atoms with van der Waals surface area (Å²) in [6, 6.07) is 14.0. The summed E-state index contributed by atoms with van der Waals surface area (Å²) < 4.78 is 1.92. The molecule has 0 saturated carbocycles. The van der Waals surface area contributed by atoms with E-state index in [1.807, 2.05) is 74.5 Å². The number of hydrogen-bond donors (Lipinski definition) is 0. The van der Waals surface area contributed by atoms with E-state index in [1.165, 1.54) is 16.9 Å². The Balaban J connectivity index is 1.22. The largest absolute Gasteiger partial charge is 0.338 e. The highest BCUT2D eigenvalue weighted by atomic mass is 32.1. The summed E-state index contributed by atoms with van der Waals surface area (Å²) in [5, 5.41) is 6.35. The van der Waals surface area contributed by atoms with Gasteiger partial charge in [-0.2, -0.15) is 5.10 Å². The molecule has 7 nitrogen and oxygen atoms in total. The Morgan fingerprint density at radius 1 is 1.00 bits per heavy atom. The number of carbonyl (C=O) groups is 2. The molecule has 0 radical (unpaired) electrons. The summed E-state index contributed by atoms with van der Waals surface area (Å²) in [7, 11) is 1.95. The van der Waals surface area contributed by atoms with Gasteiger partial charge in [0.05, 0.1) is 24.2 Å². The van der Waals surface area contributed by atoms with Crippen LogP contribution in [0.4, 0.5) is 0 Å². The Morgan fingerprint density at radius 2 is 1.74 bits per heavy atom. The van der Waals surface area contributed by atoms with Crippen molar-refractivity contribution in [3.63, 3.8) is 0 Å². The number of amides is 2. The molecule has 1 aliphatic rings. The van der Waals surface area contributed by atoms with Crippen LogP contribution >= 0.6 is 11.3 Å². The summed E-state index contributed by atoms with van der Waals surface area (Å²) >= 11 is 1.46. The number of rotatable bonds is 7. The van der Waals surface area contributed by atoms with Crippen LogP contribution < -0.4 is 0 Å². The molecule has 0 aliphatic carbocycles. The van der Waals surface area contributed by atoms with Crippen molar-refractivity contribution in [3.05, 3.63) is 76.2 Å². The van der Waals surface area contributed by atoms with E-state index in [0.29, 0.717) is 39.3 Å². The summed E-state index contributed by atoms with van der Waals surface area (Å²) in [6.45, 7) is 4.08. The first-order valence-corrected chi connectivity index (χ1v) is 11.3. The summed E-state index contributed by atoms with van der Waals surface area (Å²) in [5.41, 5.74) is 2.29. The van der Waals surface area contributed by atoms with E-state index in [-0.39, 0.29) is 11.8 Å². The maximum Gasteiger partial charge on any atom is 0.264 e. The van der Waals surface area contributed by atoms with E-state index in [9.17, 15) is 9.59 Å². The maximum atomic E-state index is 12.7. The Labute approximate surface area is 186 Å². The lowest BCUT2D eigenvalue weighted by atomic mass is 10.2. The Bertz CT molecular complexity index is 994. The molecule has 2 amide bonds. The van der Waals surface area contributed by atoms with Crippen molar-refractivity contribution < 1.29 is 9.59 Å². The van der Waals surface area contributed by atoms with Crippen molar-refractivity contribution in [1.82, 2.24) is 24.5 Å². The SMILES string of the molecule is CN(CC(=O)N1CCN(C(=O)c2cccs2)CC1)Cc1cnn(Cc2ccccc2)c1. The monoisotopic (exact) mass is 437 g/mol. The molecule has 0 N–H and O–H groups in total. The van der Waals surface area contributed by atoms with E-state index in [1.54, 1.807) is 0 Å². The van der Waals surface area contributed by atoms with Gasteiger partial charge in [-0.15, -0.1) is 11.3 Å². The second kappa shape index (κ2) is 9.89. The quantitative estimate of drug-likeness (QED) is 0.570. The van der Waals surface area contributed by atoms with E-state index in [2.05, 4.69) is 17.2 Å². The van der Waals surface area contributed by atoms with Crippen LogP contribution in [0.15, 0.2) is 60.2 Å². The first-order chi connectivity index (χ1) is 15.1. The Kier molecular flexibility index (Phi) is 6.79. The fourth-order valence-electron chi connectivity index (χ4n) is 3.76. The average molecular weight is 438 g/mol. The Hall–Kier alpha value is -2.97. The molecular weight excluding hydrogens is 410 g/mol. The molecule has 0 atom stereocenters. The zero-order valence-corrected chi connectivity index (χ0v) is 18.5. The van der Waals surface area contributed by atoms with Gasteiger partial charge in [-0.25, -0.2) is 0 Å². The normalized spacial score (nSPS) is 14.3. The van der Waals surface area contributed by atoms with E-state index < -0.39 is 0 Å². The third-order valence-electron chi connectivity index (χ3n) is 5.38. The summed E-state index contributed by atoms with van der Waals surface area (Å²) in [4.78, 5) is 31.6. The van der Waals surface area contributed by atoms with Crippen LogP contribution in [-0.4, -0.2) is 76.1 Å². The lowest BCUT2D eigenvalue weighted by Crippen LogP contribution is -2.52. The van der Waals surface area contributed by atoms with E-state index in [0.717, 1.165) is 17.0 Å². The number of benzene rings is 1. The number of aromatic nitrogens is 2. The van der Waals surface area contributed by atoms with Gasteiger partial charge in [0, 0.05) is 44.5 Å². The highest BCUT2D eigenvalue weighted by Crippen LogP contribution is 2.14. The number of nitrogens with zero attached hydrogens (tertiary/aromatic N) is 5. The van der Waals surface area contributed by atoms with Gasteiger partial charge in [0.1, 0.15) is 0 Å². The lowest BCUT2D eigenvalue weighted by molar-refractivity contribution is -0.133. The van der Waals surface area contributed by atoms with Crippen molar-refractivity contribution in [2.24, 2.45) is 0 Å². The topological polar surface area (TPSA) is 61.7 Å². The third kappa shape index (κ3) is 5.59. The Morgan fingerprint density at radius 3 is 2.45 bits per heavy atom. The molecule has 1 fully saturated rings. The molecule has 162 valence electrons. The number of likely N-dealkylation sites (N-methyl/N-ethyl adjacent to an activating group) is 1. The van der Waals surface area contributed by atoms with Crippen LogP contribution in [0.3, 0.4) is 0 Å². The fourth-order valence-corrected chi connectivity index (χ4v) is 4.45. The smallest absolute Gasteiger partial charge is 0.264 e. The molecule has 0 bridgehead atoms. The molecule has 0 spiro atoms. The number of thiophene rings is 1. The van der Waals surface area contributed by atoms with Gasteiger partial charge >= 0.3 is 0 Å². The second-order valence-corrected chi connectivity index (χ2v) is 8.80. The predicted octanol–water partition coefficient (Wildman–Crippen LogP) is 2.41. The molecule has 8 heteroatoms. The fraction of sp³-hybridized carbons (Fsp3) is 0.348. The van der Waals surface area contributed by atoms with Gasteiger partial charge in [-0.1, -0.05) is 36.4 Å². The van der Waals surface area contributed by atoms with Crippen LogP contribution in [0.25, 0.3) is 0 Å². The molecule has 3 heterocycles. The van der Waals surface area contributed by atoms with Crippen LogP contribution in [-0.2, 0) is 17.9 Å². The van der Waals surface area contributed by atoms with Crippen molar-refractivity contribution >= 4 is 23.2 Å². The molecular formula is C23H27N5O2S. The van der Waals surface area contributed by atoms with Crippen molar-refractivity contribution in [1.29, 1.82) is 0 Å². The van der Waals surface area contributed by atoms with Gasteiger partial charge in [0.15, 0.2) is 0 Å². The molecule has 1 saturated heterocycles. The van der Waals surface area contributed by atoms with Crippen molar-refractivity contribution in [2.75, 3.05) is 39.8 Å².